The first kappa shape index (κ1) is 13.2. The van der Waals surface area contributed by atoms with Gasteiger partial charge >= 0.3 is 5.97 Å². The number of alkyl halides is 1. The van der Waals surface area contributed by atoms with E-state index in [9.17, 15) is 9.59 Å². The Balaban J connectivity index is 3.34. The minimum atomic E-state index is -0.857. The average molecular weight is 306 g/mol. The molecule has 1 aromatic rings. The quantitative estimate of drug-likeness (QED) is 0.636. The van der Waals surface area contributed by atoms with Gasteiger partial charge in [0.15, 0.2) is 5.78 Å². The van der Waals surface area contributed by atoms with E-state index in [1.165, 1.54) is 14.0 Å². The summed E-state index contributed by atoms with van der Waals surface area (Å²) in [5.41, 5.74) is 0.746. The Bertz CT molecular complexity index is 431. The number of halogens is 2. The number of hydrogen-bond acceptors (Lipinski definition) is 3. The van der Waals surface area contributed by atoms with Crippen molar-refractivity contribution in [3.05, 3.63) is 33.8 Å². The lowest BCUT2D eigenvalue weighted by Gasteiger charge is -2.13. The lowest BCUT2D eigenvalue weighted by atomic mass is 10.0. The van der Waals surface area contributed by atoms with Gasteiger partial charge in [0, 0.05) is 10.0 Å². The Kier molecular flexibility index (Phi) is 4.50. The highest BCUT2D eigenvalue weighted by molar-refractivity contribution is 9.10. The number of ketones is 1. The second kappa shape index (κ2) is 5.46. The first-order chi connectivity index (χ1) is 7.49. The Labute approximate surface area is 107 Å². The van der Waals surface area contributed by atoms with Gasteiger partial charge in [-0.1, -0.05) is 22.0 Å². The maximum atomic E-state index is 11.5. The number of carbonyl (C=O) groups excluding carboxylic acids is 2. The van der Waals surface area contributed by atoms with Crippen molar-refractivity contribution in [1.82, 2.24) is 0 Å². The molecule has 0 bridgehead atoms. The molecule has 1 rings (SSSR count). The van der Waals surface area contributed by atoms with Crippen LogP contribution >= 0.6 is 27.5 Å². The van der Waals surface area contributed by atoms with Gasteiger partial charge in [0.25, 0.3) is 0 Å². The third-order valence-electron chi connectivity index (χ3n) is 2.07. The minimum absolute atomic E-state index is 0.223. The zero-order valence-electron chi connectivity index (χ0n) is 8.79. The molecule has 0 aliphatic carbocycles. The van der Waals surface area contributed by atoms with Crippen LogP contribution in [0.5, 0.6) is 0 Å². The number of carbonyl (C=O) groups is 2. The maximum absolute atomic E-state index is 11.5. The average Bonchev–Trinajstić information content (AvgIpc) is 2.26. The van der Waals surface area contributed by atoms with Gasteiger partial charge in [-0.05, 0) is 19.1 Å². The van der Waals surface area contributed by atoms with Crippen molar-refractivity contribution in [1.29, 1.82) is 0 Å². The molecule has 0 fully saturated rings. The summed E-state index contributed by atoms with van der Waals surface area (Å²) in [6.45, 7) is 1.37. The van der Waals surface area contributed by atoms with Gasteiger partial charge in [-0.2, -0.15) is 0 Å². The molecule has 0 aliphatic rings. The highest BCUT2D eigenvalue weighted by Gasteiger charge is 2.23. The van der Waals surface area contributed by atoms with Crippen molar-refractivity contribution in [2.75, 3.05) is 7.11 Å². The van der Waals surface area contributed by atoms with Gasteiger partial charge in [0.05, 0.1) is 12.7 Å². The molecule has 0 saturated carbocycles. The lowest BCUT2D eigenvalue weighted by Crippen LogP contribution is -2.11. The number of rotatable bonds is 3. The fourth-order valence-corrected chi connectivity index (χ4v) is 2.25. The minimum Gasteiger partial charge on any atom is -0.465 e. The molecule has 0 amide bonds. The summed E-state index contributed by atoms with van der Waals surface area (Å²) in [4.78, 5) is 22.8. The Morgan fingerprint density at radius 1 is 1.44 bits per heavy atom. The maximum Gasteiger partial charge on any atom is 0.338 e. The number of methoxy groups -OCH3 is 1. The van der Waals surface area contributed by atoms with Crippen LogP contribution in [-0.2, 0) is 9.53 Å². The predicted molar refractivity (Wildman–Crippen MR) is 64.8 cm³/mol. The summed E-state index contributed by atoms with van der Waals surface area (Å²) in [6, 6.07) is 4.98. The number of esters is 1. The summed E-state index contributed by atoms with van der Waals surface area (Å²) in [5.74, 6) is -0.734. The summed E-state index contributed by atoms with van der Waals surface area (Å²) in [5, 5.41) is -0.857. The van der Waals surface area contributed by atoms with Crippen molar-refractivity contribution >= 4 is 39.3 Å². The van der Waals surface area contributed by atoms with E-state index < -0.39 is 11.3 Å². The smallest absolute Gasteiger partial charge is 0.338 e. The van der Waals surface area contributed by atoms with E-state index in [1.54, 1.807) is 18.2 Å². The van der Waals surface area contributed by atoms with Gasteiger partial charge in [-0.3, -0.25) is 4.79 Å². The summed E-state index contributed by atoms with van der Waals surface area (Å²) >= 11 is 9.23. The Morgan fingerprint density at radius 3 is 2.56 bits per heavy atom. The molecular formula is C11H10BrClO3. The number of benzene rings is 1. The molecule has 0 aromatic heterocycles. The molecule has 86 valence electrons. The van der Waals surface area contributed by atoms with Crippen molar-refractivity contribution in [3.8, 4) is 0 Å². The van der Waals surface area contributed by atoms with Crippen LogP contribution in [0.15, 0.2) is 22.7 Å². The van der Waals surface area contributed by atoms with Gasteiger partial charge in [0.2, 0.25) is 0 Å². The molecule has 0 N–H and O–H groups in total. The molecular weight excluding hydrogens is 295 g/mol. The van der Waals surface area contributed by atoms with Crippen molar-refractivity contribution in [2.45, 2.75) is 12.3 Å². The first-order valence-electron chi connectivity index (χ1n) is 4.50. The highest BCUT2D eigenvalue weighted by atomic mass is 79.9. The summed E-state index contributed by atoms with van der Waals surface area (Å²) in [6.07, 6.45) is 0. The van der Waals surface area contributed by atoms with Crippen molar-refractivity contribution in [3.63, 3.8) is 0 Å². The molecule has 0 heterocycles. The Hall–Kier alpha value is -0.870. The normalized spacial score (nSPS) is 12.0. The second-order valence-corrected chi connectivity index (χ2v) is 4.46. The molecule has 1 unspecified atom stereocenters. The third kappa shape index (κ3) is 2.62. The summed E-state index contributed by atoms with van der Waals surface area (Å²) in [7, 11) is 1.28. The van der Waals surface area contributed by atoms with Gasteiger partial charge in [-0.25, -0.2) is 4.79 Å². The molecule has 5 heteroatoms. The number of hydrogen-bond donors (Lipinski definition) is 0. The van der Waals surface area contributed by atoms with Gasteiger partial charge < -0.3 is 4.74 Å². The number of ether oxygens (including phenoxy) is 1. The van der Waals surface area contributed by atoms with E-state index in [0.717, 1.165) is 0 Å². The van der Waals surface area contributed by atoms with Crippen LogP contribution in [0.4, 0.5) is 0 Å². The van der Waals surface area contributed by atoms with Crippen molar-refractivity contribution in [2.24, 2.45) is 0 Å². The molecule has 0 aliphatic heterocycles. The van der Waals surface area contributed by atoms with E-state index in [0.29, 0.717) is 15.6 Å². The zero-order valence-corrected chi connectivity index (χ0v) is 11.1. The zero-order chi connectivity index (χ0) is 12.3. The van der Waals surface area contributed by atoms with Crippen LogP contribution in [0, 0.1) is 0 Å². The van der Waals surface area contributed by atoms with E-state index in [-0.39, 0.29) is 5.78 Å². The van der Waals surface area contributed by atoms with Crippen LogP contribution < -0.4 is 0 Å². The molecule has 1 atom stereocenters. The van der Waals surface area contributed by atoms with Crippen LogP contribution in [-0.4, -0.2) is 18.9 Å². The molecule has 16 heavy (non-hydrogen) atoms. The van der Waals surface area contributed by atoms with Crippen molar-refractivity contribution < 1.29 is 14.3 Å². The van der Waals surface area contributed by atoms with E-state index in [2.05, 4.69) is 20.7 Å². The molecule has 1 aromatic carbocycles. The van der Waals surface area contributed by atoms with Crippen LogP contribution in [0.3, 0.4) is 0 Å². The van der Waals surface area contributed by atoms with Crippen LogP contribution in [0.25, 0.3) is 0 Å². The van der Waals surface area contributed by atoms with Crippen LogP contribution in [0.1, 0.15) is 28.2 Å². The largest absolute Gasteiger partial charge is 0.465 e. The standard InChI is InChI=1S/C11H10BrClO3/c1-6(14)10(13)9-7(11(15)16-2)4-3-5-8(9)12/h3-5,10H,1-2H3. The first-order valence-corrected chi connectivity index (χ1v) is 5.73. The monoisotopic (exact) mass is 304 g/mol. The van der Waals surface area contributed by atoms with E-state index in [1.807, 2.05) is 0 Å². The van der Waals surface area contributed by atoms with E-state index in [4.69, 9.17) is 11.6 Å². The fraction of sp³-hybridized carbons (Fsp3) is 0.273. The second-order valence-electron chi connectivity index (χ2n) is 3.17. The molecule has 0 spiro atoms. The van der Waals surface area contributed by atoms with Gasteiger partial charge in [0.1, 0.15) is 5.38 Å². The topological polar surface area (TPSA) is 43.4 Å². The lowest BCUT2D eigenvalue weighted by molar-refractivity contribution is -0.116. The molecule has 3 nitrogen and oxygen atoms in total. The predicted octanol–water partition coefficient (Wildman–Crippen LogP) is 3.10. The molecule has 0 radical (unpaired) electrons. The Morgan fingerprint density at radius 2 is 2.06 bits per heavy atom. The van der Waals surface area contributed by atoms with Crippen LogP contribution in [0.2, 0.25) is 0 Å². The third-order valence-corrected chi connectivity index (χ3v) is 3.29. The molecule has 0 saturated heterocycles. The highest BCUT2D eigenvalue weighted by Crippen LogP contribution is 2.32. The van der Waals surface area contributed by atoms with E-state index >= 15 is 0 Å². The SMILES string of the molecule is COC(=O)c1cccc(Br)c1C(Cl)C(C)=O. The fourth-order valence-electron chi connectivity index (χ4n) is 1.29. The summed E-state index contributed by atoms with van der Waals surface area (Å²) < 4.78 is 5.25. The number of Topliss-reactive ketones (excluding diaryl/α,β-unsaturated/α-hetero) is 1. The van der Waals surface area contributed by atoms with Gasteiger partial charge in [-0.15, -0.1) is 11.6 Å².